The van der Waals surface area contributed by atoms with Crippen LogP contribution in [-0.2, 0) is 7.05 Å². The summed E-state index contributed by atoms with van der Waals surface area (Å²) >= 11 is 8.61. The van der Waals surface area contributed by atoms with E-state index in [0.29, 0.717) is 17.9 Å². The quantitative estimate of drug-likeness (QED) is 0.400. The molecule has 1 N–H and O–H groups in total. The monoisotopic (exact) mass is 592 g/mol. The Labute approximate surface area is 220 Å². The van der Waals surface area contributed by atoms with Crippen molar-refractivity contribution in [1.29, 1.82) is 0 Å². The van der Waals surface area contributed by atoms with E-state index < -0.39 is 0 Å². The molecule has 1 fully saturated rings. The number of hydrogen-bond donors (Lipinski definition) is 1. The van der Waals surface area contributed by atoms with Crippen molar-refractivity contribution in [2.45, 2.75) is 6.92 Å². The summed E-state index contributed by atoms with van der Waals surface area (Å²) in [6.45, 7) is 7.14. The predicted molar refractivity (Wildman–Crippen MR) is 147 cm³/mol. The Morgan fingerprint density at radius 1 is 1.09 bits per heavy atom. The SMILES string of the molecule is COc1c(C(=O)NCCN2CCN(c3cccc(Cl)c3I)CC2)c(C)n(C)c1-c1ccccc1. The van der Waals surface area contributed by atoms with Crippen LogP contribution in [0.4, 0.5) is 5.69 Å². The van der Waals surface area contributed by atoms with E-state index in [4.69, 9.17) is 16.3 Å². The number of methoxy groups -OCH3 is 1. The van der Waals surface area contributed by atoms with E-state index >= 15 is 0 Å². The number of amides is 1. The fraction of sp³-hybridized carbons (Fsp3) is 0.346. The van der Waals surface area contributed by atoms with Gasteiger partial charge in [-0.05, 0) is 41.6 Å². The average Bonchev–Trinajstić information content (AvgIpc) is 3.11. The van der Waals surface area contributed by atoms with Crippen LogP contribution in [0.2, 0.25) is 5.02 Å². The van der Waals surface area contributed by atoms with Gasteiger partial charge in [0.05, 0.1) is 27.1 Å². The number of carbonyl (C=O) groups excluding carboxylic acids is 1. The summed E-state index contributed by atoms with van der Waals surface area (Å²) in [6, 6.07) is 16.1. The van der Waals surface area contributed by atoms with Crippen LogP contribution in [0.15, 0.2) is 48.5 Å². The highest BCUT2D eigenvalue weighted by molar-refractivity contribution is 14.1. The van der Waals surface area contributed by atoms with Crippen molar-refractivity contribution in [2.75, 3.05) is 51.3 Å². The highest BCUT2D eigenvalue weighted by Crippen LogP contribution is 2.37. The van der Waals surface area contributed by atoms with E-state index in [9.17, 15) is 4.79 Å². The van der Waals surface area contributed by atoms with Crippen LogP contribution >= 0.6 is 34.2 Å². The number of anilines is 1. The number of piperazine rings is 1. The molecule has 1 aromatic heterocycles. The van der Waals surface area contributed by atoms with Crippen LogP contribution in [0.5, 0.6) is 5.75 Å². The summed E-state index contributed by atoms with van der Waals surface area (Å²) in [4.78, 5) is 17.9. The maximum atomic E-state index is 13.1. The summed E-state index contributed by atoms with van der Waals surface area (Å²) in [7, 11) is 3.59. The van der Waals surface area contributed by atoms with Crippen LogP contribution in [0.25, 0.3) is 11.3 Å². The van der Waals surface area contributed by atoms with E-state index in [1.54, 1.807) is 7.11 Å². The molecule has 1 aliphatic rings. The second kappa shape index (κ2) is 11.0. The standard InChI is InChI=1S/C26H30ClIN4O2/c1-18-22(25(34-3)24(30(18)2)19-8-5-4-6-9-19)26(33)29-12-13-31-14-16-32(17-15-31)21-11-7-10-20(27)23(21)28/h4-11H,12-17H2,1-3H3,(H,29,33). The zero-order chi connectivity index (χ0) is 24.2. The summed E-state index contributed by atoms with van der Waals surface area (Å²) < 4.78 is 8.84. The van der Waals surface area contributed by atoms with Crippen molar-refractivity contribution in [3.63, 3.8) is 0 Å². The number of nitrogens with zero attached hydrogens (tertiary/aromatic N) is 3. The van der Waals surface area contributed by atoms with Gasteiger partial charge in [0.25, 0.3) is 5.91 Å². The van der Waals surface area contributed by atoms with Crippen LogP contribution in [0.1, 0.15) is 16.1 Å². The minimum atomic E-state index is -0.0979. The molecule has 1 aliphatic heterocycles. The lowest BCUT2D eigenvalue weighted by atomic mass is 10.1. The first-order valence-corrected chi connectivity index (χ1v) is 12.9. The summed E-state index contributed by atoms with van der Waals surface area (Å²) in [6.07, 6.45) is 0. The maximum Gasteiger partial charge on any atom is 0.256 e. The first-order chi connectivity index (χ1) is 16.4. The third kappa shape index (κ3) is 5.06. The number of carbonyl (C=O) groups is 1. The van der Waals surface area contributed by atoms with Gasteiger partial charge in [-0.25, -0.2) is 0 Å². The number of nitrogens with one attached hydrogen (secondary N) is 1. The molecule has 1 saturated heterocycles. The second-order valence-corrected chi connectivity index (χ2v) is 9.91. The van der Waals surface area contributed by atoms with Crippen molar-refractivity contribution in [3.05, 3.63) is 68.4 Å². The largest absolute Gasteiger partial charge is 0.494 e. The number of rotatable bonds is 7. The molecular formula is C26H30ClIN4O2. The van der Waals surface area contributed by atoms with Gasteiger partial charge in [-0.15, -0.1) is 0 Å². The molecule has 0 atom stereocenters. The van der Waals surface area contributed by atoms with Gasteiger partial charge in [-0.1, -0.05) is 48.0 Å². The lowest BCUT2D eigenvalue weighted by Crippen LogP contribution is -2.48. The second-order valence-electron chi connectivity index (χ2n) is 8.42. The Balaban J connectivity index is 1.36. The minimum absolute atomic E-state index is 0.0979. The fourth-order valence-electron chi connectivity index (χ4n) is 4.52. The topological polar surface area (TPSA) is 49.7 Å². The number of halogens is 2. The minimum Gasteiger partial charge on any atom is -0.494 e. The lowest BCUT2D eigenvalue weighted by molar-refractivity contribution is 0.0944. The first-order valence-electron chi connectivity index (χ1n) is 11.4. The molecule has 0 spiro atoms. The first kappa shape index (κ1) is 24.9. The Morgan fingerprint density at radius 2 is 1.79 bits per heavy atom. The van der Waals surface area contributed by atoms with Gasteiger partial charge in [0, 0.05) is 57.6 Å². The fourth-order valence-corrected chi connectivity index (χ4v) is 5.39. The van der Waals surface area contributed by atoms with Crippen LogP contribution in [0, 0.1) is 10.5 Å². The van der Waals surface area contributed by atoms with Gasteiger partial charge < -0.3 is 19.5 Å². The molecule has 0 saturated carbocycles. The van der Waals surface area contributed by atoms with Crippen molar-refractivity contribution in [3.8, 4) is 17.0 Å². The van der Waals surface area contributed by atoms with Crippen molar-refractivity contribution < 1.29 is 9.53 Å². The average molecular weight is 593 g/mol. The Morgan fingerprint density at radius 3 is 2.47 bits per heavy atom. The van der Waals surface area contributed by atoms with Gasteiger partial charge in [0.1, 0.15) is 5.56 Å². The molecule has 2 heterocycles. The molecule has 6 nitrogen and oxygen atoms in total. The number of hydrogen-bond acceptors (Lipinski definition) is 4. The predicted octanol–water partition coefficient (Wildman–Crippen LogP) is 4.82. The van der Waals surface area contributed by atoms with Crippen LogP contribution in [0.3, 0.4) is 0 Å². The van der Waals surface area contributed by atoms with E-state index in [2.05, 4.69) is 43.8 Å². The molecule has 1 amide bonds. The smallest absolute Gasteiger partial charge is 0.256 e. The molecule has 3 aromatic rings. The summed E-state index contributed by atoms with van der Waals surface area (Å²) in [5.74, 6) is 0.521. The van der Waals surface area contributed by atoms with Crippen molar-refractivity contribution in [1.82, 2.24) is 14.8 Å². The van der Waals surface area contributed by atoms with Crippen LogP contribution in [-0.4, -0.2) is 61.8 Å². The third-order valence-electron chi connectivity index (χ3n) is 6.48. The van der Waals surface area contributed by atoms with Gasteiger partial charge in [-0.2, -0.15) is 0 Å². The van der Waals surface area contributed by atoms with E-state index in [0.717, 1.165) is 58.3 Å². The Hall–Kier alpha value is -2.23. The van der Waals surface area contributed by atoms with Crippen LogP contribution < -0.4 is 15.0 Å². The molecule has 180 valence electrons. The van der Waals surface area contributed by atoms with Gasteiger partial charge in [0.2, 0.25) is 0 Å². The normalized spacial score (nSPS) is 14.3. The number of benzene rings is 2. The summed E-state index contributed by atoms with van der Waals surface area (Å²) in [5, 5.41) is 3.90. The molecule has 34 heavy (non-hydrogen) atoms. The van der Waals surface area contributed by atoms with E-state index in [1.807, 2.05) is 61.0 Å². The Kier molecular flexibility index (Phi) is 8.06. The molecule has 8 heteroatoms. The lowest BCUT2D eigenvalue weighted by Gasteiger charge is -2.36. The molecular weight excluding hydrogens is 563 g/mol. The van der Waals surface area contributed by atoms with Gasteiger partial charge >= 0.3 is 0 Å². The van der Waals surface area contributed by atoms with Crippen molar-refractivity contribution in [2.24, 2.45) is 7.05 Å². The molecule has 0 radical (unpaired) electrons. The zero-order valence-electron chi connectivity index (χ0n) is 19.8. The molecule has 0 unspecified atom stereocenters. The Bertz CT molecular complexity index is 1160. The van der Waals surface area contributed by atoms with E-state index in [1.165, 1.54) is 5.69 Å². The highest BCUT2D eigenvalue weighted by atomic mass is 127. The molecule has 4 rings (SSSR count). The maximum absolute atomic E-state index is 13.1. The zero-order valence-corrected chi connectivity index (χ0v) is 22.7. The van der Waals surface area contributed by atoms with Crippen molar-refractivity contribution >= 4 is 45.8 Å². The number of aromatic nitrogens is 1. The molecule has 0 bridgehead atoms. The summed E-state index contributed by atoms with van der Waals surface area (Å²) in [5.41, 5.74) is 4.62. The molecule has 2 aromatic carbocycles. The number of ether oxygens (including phenoxy) is 1. The third-order valence-corrected chi connectivity index (χ3v) is 8.25. The van der Waals surface area contributed by atoms with Gasteiger partial charge in [0.15, 0.2) is 5.75 Å². The van der Waals surface area contributed by atoms with E-state index in [-0.39, 0.29) is 5.91 Å². The van der Waals surface area contributed by atoms with Gasteiger partial charge in [-0.3, -0.25) is 9.69 Å². The molecule has 0 aliphatic carbocycles. The highest BCUT2D eigenvalue weighted by Gasteiger charge is 2.26.